The molecule has 1 atom stereocenters. The van der Waals surface area contributed by atoms with Crippen LogP contribution in [0.2, 0.25) is 0 Å². The van der Waals surface area contributed by atoms with E-state index >= 15 is 0 Å². The maximum Gasteiger partial charge on any atom is 0.319 e. The van der Waals surface area contributed by atoms with Gasteiger partial charge in [-0.05, 0) is 17.7 Å². The zero-order chi connectivity index (χ0) is 17.2. The minimum absolute atomic E-state index is 0.0942. The topological polar surface area (TPSA) is 61.2 Å². The summed E-state index contributed by atoms with van der Waals surface area (Å²) in [6, 6.07) is 17.1. The summed E-state index contributed by atoms with van der Waals surface area (Å²) in [5.41, 5.74) is 1.56. The van der Waals surface area contributed by atoms with E-state index in [2.05, 4.69) is 4.98 Å². The highest BCUT2D eigenvalue weighted by atomic mass is 32.2. The third-order valence-electron chi connectivity index (χ3n) is 4.15. The Morgan fingerprint density at radius 1 is 1.08 bits per heavy atom. The fourth-order valence-corrected chi connectivity index (χ4v) is 3.91. The normalized spacial score (nSPS) is 17.0. The first-order valence-corrected chi connectivity index (χ1v) is 8.97. The average molecular weight is 352 g/mol. The molecule has 0 amide bonds. The fraction of sp³-hybridized carbons (Fsp3) is 0.211. The van der Waals surface area contributed by atoms with E-state index < -0.39 is 0 Å². The van der Waals surface area contributed by atoms with Crippen molar-refractivity contribution in [2.24, 2.45) is 0 Å². The predicted octanol–water partition coefficient (Wildman–Crippen LogP) is 2.85. The number of cyclic esters (lactones) is 1. The molecule has 3 aromatic rings. The van der Waals surface area contributed by atoms with Crippen LogP contribution in [-0.4, -0.2) is 27.4 Å². The number of aromatic nitrogens is 2. The van der Waals surface area contributed by atoms with Gasteiger partial charge in [0.1, 0.15) is 5.25 Å². The lowest BCUT2D eigenvalue weighted by molar-refractivity contribution is -0.137. The van der Waals surface area contributed by atoms with Crippen LogP contribution in [0, 0.1) is 0 Å². The number of fused-ring (bicyclic) bond motifs is 1. The minimum Gasteiger partial charge on any atom is -0.465 e. The maximum atomic E-state index is 13.0. The van der Waals surface area contributed by atoms with Crippen LogP contribution in [0.25, 0.3) is 10.9 Å². The lowest BCUT2D eigenvalue weighted by atomic mass is 10.2. The minimum atomic E-state index is -0.310. The van der Waals surface area contributed by atoms with Gasteiger partial charge in [0.05, 0.1) is 24.1 Å². The molecule has 0 saturated carbocycles. The molecule has 0 aliphatic carbocycles. The van der Waals surface area contributed by atoms with Crippen molar-refractivity contribution in [2.75, 3.05) is 6.61 Å². The van der Waals surface area contributed by atoms with Gasteiger partial charge in [-0.3, -0.25) is 14.2 Å². The summed E-state index contributed by atoms with van der Waals surface area (Å²) in [6.45, 7) is 0.842. The van der Waals surface area contributed by atoms with E-state index in [1.54, 1.807) is 10.6 Å². The number of esters is 1. The van der Waals surface area contributed by atoms with Crippen LogP contribution >= 0.6 is 11.8 Å². The Labute approximate surface area is 148 Å². The van der Waals surface area contributed by atoms with Crippen molar-refractivity contribution in [3.63, 3.8) is 0 Å². The number of para-hydroxylation sites is 1. The van der Waals surface area contributed by atoms with E-state index in [9.17, 15) is 9.59 Å². The van der Waals surface area contributed by atoms with Gasteiger partial charge in [0.25, 0.3) is 5.56 Å². The number of benzene rings is 2. The van der Waals surface area contributed by atoms with Gasteiger partial charge < -0.3 is 4.74 Å². The Morgan fingerprint density at radius 3 is 2.60 bits per heavy atom. The lowest BCUT2D eigenvalue weighted by Crippen LogP contribution is -2.25. The van der Waals surface area contributed by atoms with Gasteiger partial charge in [0.15, 0.2) is 5.16 Å². The second-order valence-corrected chi connectivity index (χ2v) is 7.02. The first-order chi connectivity index (χ1) is 12.2. The van der Waals surface area contributed by atoms with Gasteiger partial charge in [-0.2, -0.15) is 0 Å². The molecule has 0 spiro atoms. The molecule has 1 saturated heterocycles. The largest absolute Gasteiger partial charge is 0.465 e. The van der Waals surface area contributed by atoms with Crippen LogP contribution in [0.3, 0.4) is 0 Å². The van der Waals surface area contributed by atoms with E-state index in [1.807, 2.05) is 48.5 Å². The molecule has 1 aromatic heterocycles. The molecule has 2 heterocycles. The van der Waals surface area contributed by atoms with Crippen LogP contribution in [0.4, 0.5) is 0 Å². The van der Waals surface area contributed by atoms with E-state index in [1.165, 1.54) is 11.8 Å². The number of carbonyl (C=O) groups is 1. The number of carbonyl (C=O) groups excluding carboxylic acids is 1. The highest BCUT2D eigenvalue weighted by Gasteiger charge is 2.29. The average Bonchev–Trinajstić information content (AvgIpc) is 3.04. The van der Waals surface area contributed by atoms with Crippen LogP contribution in [0.15, 0.2) is 64.5 Å². The molecule has 0 radical (unpaired) electrons. The Kier molecular flexibility index (Phi) is 4.28. The van der Waals surface area contributed by atoms with Gasteiger partial charge in [0.2, 0.25) is 0 Å². The molecule has 1 fully saturated rings. The van der Waals surface area contributed by atoms with Crippen LogP contribution in [0.1, 0.15) is 12.0 Å². The summed E-state index contributed by atoms with van der Waals surface area (Å²) in [5.74, 6) is -0.237. The molecular weight excluding hydrogens is 336 g/mol. The highest BCUT2D eigenvalue weighted by Crippen LogP contribution is 2.29. The molecule has 2 aromatic carbocycles. The Hall–Kier alpha value is -2.60. The van der Waals surface area contributed by atoms with Gasteiger partial charge in [-0.15, -0.1) is 0 Å². The number of nitrogens with zero attached hydrogens (tertiary/aromatic N) is 2. The molecule has 0 bridgehead atoms. The first kappa shape index (κ1) is 15.9. The van der Waals surface area contributed by atoms with Gasteiger partial charge in [-0.1, -0.05) is 54.2 Å². The monoisotopic (exact) mass is 352 g/mol. The van der Waals surface area contributed by atoms with Crippen molar-refractivity contribution in [2.45, 2.75) is 23.4 Å². The third kappa shape index (κ3) is 3.17. The molecule has 0 N–H and O–H groups in total. The smallest absolute Gasteiger partial charge is 0.319 e. The predicted molar refractivity (Wildman–Crippen MR) is 96.8 cm³/mol. The van der Waals surface area contributed by atoms with Crippen LogP contribution < -0.4 is 5.56 Å². The summed E-state index contributed by atoms with van der Waals surface area (Å²) in [4.78, 5) is 29.5. The van der Waals surface area contributed by atoms with Gasteiger partial charge in [0, 0.05) is 6.42 Å². The summed E-state index contributed by atoms with van der Waals surface area (Å²) >= 11 is 1.31. The van der Waals surface area contributed by atoms with Crippen LogP contribution in [-0.2, 0) is 16.1 Å². The zero-order valence-electron chi connectivity index (χ0n) is 13.4. The highest BCUT2D eigenvalue weighted by molar-refractivity contribution is 8.00. The number of hydrogen-bond acceptors (Lipinski definition) is 5. The fourth-order valence-electron chi connectivity index (χ4n) is 2.85. The van der Waals surface area contributed by atoms with Crippen molar-refractivity contribution in [1.29, 1.82) is 0 Å². The van der Waals surface area contributed by atoms with E-state index in [0.29, 0.717) is 35.6 Å². The van der Waals surface area contributed by atoms with E-state index in [4.69, 9.17) is 4.74 Å². The molecular formula is C19H16N2O3S. The van der Waals surface area contributed by atoms with Gasteiger partial charge in [-0.25, -0.2) is 4.98 Å². The number of ether oxygens (including phenoxy) is 1. The summed E-state index contributed by atoms with van der Waals surface area (Å²) in [5, 5.41) is 0.822. The van der Waals surface area contributed by atoms with Gasteiger partial charge >= 0.3 is 5.97 Å². The summed E-state index contributed by atoms with van der Waals surface area (Å²) < 4.78 is 6.69. The lowest BCUT2D eigenvalue weighted by Gasteiger charge is -2.14. The standard InChI is InChI=1S/C19H16N2O3S/c22-17-14-8-4-5-9-15(14)20-19(25-16-10-11-24-18(16)23)21(17)12-13-6-2-1-3-7-13/h1-9,16H,10-12H2/t16-/m1/s1. The van der Waals surface area contributed by atoms with Crippen molar-refractivity contribution >= 4 is 28.6 Å². The molecule has 126 valence electrons. The molecule has 0 unspecified atom stereocenters. The summed E-state index contributed by atoms with van der Waals surface area (Å²) in [7, 11) is 0. The molecule has 4 rings (SSSR count). The second kappa shape index (κ2) is 6.72. The molecule has 25 heavy (non-hydrogen) atoms. The number of hydrogen-bond donors (Lipinski definition) is 0. The Balaban J connectivity index is 1.82. The number of thioether (sulfide) groups is 1. The molecule has 1 aliphatic heterocycles. The molecule has 5 nitrogen and oxygen atoms in total. The van der Waals surface area contributed by atoms with Crippen molar-refractivity contribution in [3.05, 3.63) is 70.5 Å². The summed E-state index contributed by atoms with van der Waals surface area (Å²) in [6.07, 6.45) is 0.636. The third-order valence-corrected chi connectivity index (χ3v) is 5.38. The van der Waals surface area contributed by atoms with Crippen molar-refractivity contribution < 1.29 is 9.53 Å². The molecule has 6 heteroatoms. The zero-order valence-corrected chi connectivity index (χ0v) is 14.2. The van der Waals surface area contributed by atoms with E-state index in [0.717, 1.165) is 5.56 Å². The maximum absolute atomic E-state index is 13.0. The quantitative estimate of drug-likeness (QED) is 0.534. The van der Waals surface area contributed by atoms with E-state index in [-0.39, 0.29) is 16.8 Å². The SMILES string of the molecule is O=C1OCC[C@H]1Sc1nc2ccccc2c(=O)n1Cc1ccccc1. The molecule has 1 aliphatic rings. The second-order valence-electron chi connectivity index (χ2n) is 5.85. The Morgan fingerprint density at radius 2 is 1.84 bits per heavy atom. The first-order valence-electron chi connectivity index (χ1n) is 8.09. The number of rotatable bonds is 4. The van der Waals surface area contributed by atoms with Crippen LogP contribution in [0.5, 0.6) is 0 Å². The Bertz CT molecular complexity index is 985. The van der Waals surface area contributed by atoms with Crippen molar-refractivity contribution in [3.8, 4) is 0 Å². The van der Waals surface area contributed by atoms with Crippen molar-refractivity contribution in [1.82, 2.24) is 9.55 Å².